The van der Waals surface area contributed by atoms with Gasteiger partial charge in [-0.3, -0.25) is 0 Å². The van der Waals surface area contributed by atoms with Gasteiger partial charge in [0.25, 0.3) is 0 Å². The Labute approximate surface area is 69.6 Å². The second kappa shape index (κ2) is 2.41. The number of furan rings is 1. The normalized spacial score (nSPS) is 10.4. The van der Waals surface area contributed by atoms with Crippen molar-refractivity contribution in [1.29, 1.82) is 0 Å². The summed E-state index contributed by atoms with van der Waals surface area (Å²) in [6.45, 7) is 0. The van der Waals surface area contributed by atoms with Gasteiger partial charge in [0.15, 0.2) is 5.95 Å². The van der Waals surface area contributed by atoms with E-state index in [-0.39, 0.29) is 0 Å². The summed E-state index contributed by atoms with van der Waals surface area (Å²) < 4.78 is 6.76. The first-order chi connectivity index (χ1) is 5.79. The zero-order valence-electron chi connectivity index (χ0n) is 6.69. The van der Waals surface area contributed by atoms with E-state index in [9.17, 15) is 0 Å². The van der Waals surface area contributed by atoms with Crippen LogP contribution in [0, 0.1) is 0 Å². The predicted octanol–water partition coefficient (Wildman–Crippen LogP) is 1.26. The number of hydrogen-bond donors (Lipinski definition) is 1. The van der Waals surface area contributed by atoms with Crippen molar-refractivity contribution in [2.75, 3.05) is 5.73 Å². The molecule has 0 unspecified atom stereocenters. The van der Waals surface area contributed by atoms with Gasteiger partial charge in [-0.15, -0.1) is 0 Å². The van der Waals surface area contributed by atoms with Crippen molar-refractivity contribution in [1.82, 2.24) is 9.55 Å². The van der Waals surface area contributed by atoms with Crippen LogP contribution < -0.4 is 5.73 Å². The van der Waals surface area contributed by atoms with Gasteiger partial charge < -0.3 is 14.7 Å². The molecule has 0 radical (unpaired) electrons. The topological polar surface area (TPSA) is 57.0 Å². The summed E-state index contributed by atoms with van der Waals surface area (Å²) in [5.41, 5.74) is 7.52. The Morgan fingerprint density at radius 3 is 2.92 bits per heavy atom. The Hall–Kier alpha value is -1.71. The van der Waals surface area contributed by atoms with Gasteiger partial charge in [-0.25, -0.2) is 4.98 Å². The molecule has 0 aromatic carbocycles. The van der Waals surface area contributed by atoms with Crippen LogP contribution in [0.1, 0.15) is 0 Å². The molecule has 0 atom stereocenters. The minimum atomic E-state index is 0.506. The fourth-order valence-corrected chi connectivity index (χ4v) is 1.10. The van der Waals surface area contributed by atoms with Gasteiger partial charge in [0, 0.05) is 12.6 Å². The maximum absolute atomic E-state index is 5.57. The number of aromatic nitrogens is 2. The highest BCUT2D eigenvalue weighted by atomic mass is 16.3. The first-order valence-electron chi connectivity index (χ1n) is 3.59. The summed E-state index contributed by atoms with van der Waals surface area (Å²) in [6, 6.07) is 1.87. The number of nitrogens with zero attached hydrogens (tertiary/aromatic N) is 2. The third kappa shape index (κ3) is 0.887. The number of imidazole rings is 1. The lowest BCUT2D eigenvalue weighted by Crippen LogP contribution is -1.97. The molecule has 0 saturated heterocycles. The molecule has 0 spiro atoms. The molecule has 4 heteroatoms. The van der Waals surface area contributed by atoms with Crippen molar-refractivity contribution in [2.45, 2.75) is 0 Å². The number of rotatable bonds is 1. The van der Waals surface area contributed by atoms with Gasteiger partial charge >= 0.3 is 0 Å². The molecular weight excluding hydrogens is 154 g/mol. The lowest BCUT2D eigenvalue weighted by atomic mass is 10.3. The molecule has 0 aliphatic rings. The van der Waals surface area contributed by atoms with E-state index in [1.807, 2.05) is 17.7 Å². The van der Waals surface area contributed by atoms with E-state index in [2.05, 4.69) is 4.98 Å². The quantitative estimate of drug-likeness (QED) is 0.688. The average Bonchev–Trinajstić information content (AvgIpc) is 2.64. The molecule has 12 heavy (non-hydrogen) atoms. The summed E-state index contributed by atoms with van der Waals surface area (Å²) in [5.74, 6) is 0.506. The molecule has 0 saturated carbocycles. The van der Waals surface area contributed by atoms with Crippen LogP contribution in [0.15, 0.2) is 29.2 Å². The van der Waals surface area contributed by atoms with Gasteiger partial charge in [0.1, 0.15) is 0 Å². The third-order valence-electron chi connectivity index (χ3n) is 1.84. The SMILES string of the molecule is Cn1c(-c2ccoc2)cnc1N. The minimum absolute atomic E-state index is 0.506. The Morgan fingerprint density at radius 1 is 1.58 bits per heavy atom. The highest BCUT2D eigenvalue weighted by Gasteiger charge is 2.05. The van der Waals surface area contributed by atoms with Crippen LogP contribution in [-0.2, 0) is 7.05 Å². The van der Waals surface area contributed by atoms with Crippen LogP contribution in [0.4, 0.5) is 5.95 Å². The molecular formula is C8H9N3O. The Balaban J connectivity index is 2.55. The van der Waals surface area contributed by atoms with Crippen LogP contribution in [0.2, 0.25) is 0 Å². The number of anilines is 1. The number of hydrogen-bond acceptors (Lipinski definition) is 3. The summed E-state index contributed by atoms with van der Waals surface area (Å²) in [7, 11) is 1.87. The Morgan fingerprint density at radius 2 is 2.42 bits per heavy atom. The standard InChI is InChI=1S/C8H9N3O/c1-11-7(4-10-8(11)9)6-2-3-12-5-6/h2-5H,1H3,(H2,9,10). The van der Waals surface area contributed by atoms with Crippen LogP contribution in [-0.4, -0.2) is 9.55 Å². The molecule has 2 aromatic heterocycles. The van der Waals surface area contributed by atoms with Gasteiger partial charge in [-0.2, -0.15) is 0 Å². The second-order valence-electron chi connectivity index (χ2n) is 2.57. The van der Waals surface area contributed by atoms with E-state index in [1.165, 1.54) is 0 Å². The van der Waals surface area contributed by atoms with E-state index in [1.54, 1.807) is 18.7 Å². The van der Waals surface area contributed by atoms with E-state index >= 15 is 0 Å². The average molecular weight is 163 g/mol. The zero-order chi connectivity index (χ0) is 8.55. The molecule has 2 rings (SSSR count). The Kier molecular flexibility index (Phi) is 1.40. The van der Waals surface area contributed by atoms with Crippen molar-refractivity contribution < 1.29 is 4.42 Å². The first-order valence-corrected chi connectivity index (χ1v) is 3.59. The molecule has 2 heterocycles. The molecule has 0 aliphatic heterocycles. The summed E-state index contributed by atoms with van der Waals surface area (Å²) in [5, 5.41) is 0. The fourth-order valence-electron chi connectivity index (χ4n) is 1.10. The first kappa shape index (κ1) is 6.97. The highest BCUT2D eigenvalue weighted by Crippen LogP contribution is 2.20. The van der Waals surface area contributed by atoms with E-state index in [0.717, 1.165) is 11.3 Å². The van der Waals surface area contributed by atoms with Gasteiger partial charge in [-0.05, 0) is 6.07 Å². The predicted molar refractivity (Wildman–Crippen MR) is 45.3 cm³/mol. The van der Waals surface area contributed by atoms with E-state index in [4.69, 9.17) is 10.2 Å². The lowest BCUT2D eigenvalue weighted by Gasteiger charge is -1.98. The number of nitrogens with two attached hydrogens (primary N) is 1. The summed E-state index contributed by atoms with van der Waals surface area (Å²) in [4.78, 5) is 3.97. The smallest absolute Gasteiger partial charge is 0.200 e. The van der Waals surface area contributed by atoms with E-state index in [0.29, 0.717) is 5.95 Å². The summed E-state index contributed by atoms with van der Waals surface area (Å²) in [6.07, 6.45) is 5.01. The van der Waals surface area contributed by atoms with Gasteiger partial charge in [0.2, 0.25) is 0 Å². The van der Waals surface area contributed by atoms with Crippen LogP contribution in [0.3, 0.4) is 0 Å². The van der Waals surface area contributed by atoms with Crippen molar-refractivity contribution in [3.05, 3.63) is 24.8 Å². The lowest BCUT2D eigenvalue weighted by molar-refractivity contribution is 0.568. The summed E-state index contributed by atoms with van der Waals surface area (Å²) >= 11 is 0. The van der Waals surface area contributed by atoms with Crippen molar-refractivity contribution in [2.24, 2.45) is 7.05 Å². The van der Waals surface area contributed by atoms with E-state index < -0.39 is 0 Å². The molecule has 0 aliphatic carbocycles. The molecule has 0 bridgehead atoms. The zero-order valence-corrected chi connectivity index (χ0v) is 6.69. The van der Waals surface area contributed by atoms with Crippen LogP contribution in [0.25, 0.3) is 11.3 Å². The molecule has 0 fully saturated rings. The molecule has 2 aromatic rings. The maximum Gasteiger partial charge on any atom is 0.200 e. The van der Waals surface area contributed by atoms with Crippen molar-refractivity contribution >= 4 is 5.95 Å². The third-order valence-corrected chi connectivity index (χ3v) is 1.84. The molecule has 62 valence electrons. The fraction of sp³-hybridized carbons (Fsp3) is 0.125. The largest absolute Gasteiger partial charge is 0.472 e. The monoisotopic (exact) mass is 163 g/mol. The number of nitrogen functional groups attached to an aromatic ring is 1. The highest BCUT2D eigenvalue weighted by molar-refractivity contribution is 5.59. The molecule has 4 nitrogen and oxygen atoms in total. The molecule has 0 amide bonds. The second-order valence-corrected chi connectivity index (χ2v) is 2.57. The van der Waals surface area contributed by atoms with Crippen molar-refractivity contribution in [3.8, 4) is 11.3 Å². The van der Waals surface area contributed by atoms with Crippen molar-refractivity contribution in [3.63, 3.8) is 0 Å². The maximum atomic E-state index is 5.57. The van der Waals surface area contributed by atoms with Gasteiger partial charge in [-0.1, -0.05) is 0 Å². The Bertz CT molecular complexity index is 375. The van der Waals surface area contributed by atoms with Crippen LogP contribution in [0.5, 0.6) is 0 Å². The van der Waals surface area contributed by atoms with Crippen LogP contribution >= 0.6 is 0 Å². The molecule has 2 N–H and O–H groups in total. The van der Waals surface area contributed by atoms with Gasteiger partial charge in [0.05, 0.1) is 24.4 Å². The minimum Gasteiger partial charge on any atom is -0.472 e.